The highest BCUT2D eigenvalue weighted by Crippen LogP contribution is 2.39. The Balaban J connectivity index is 2.15. The number of sulfone groups is 1. The first-order chi connectivity index (χ1) is 10.5. The maximum atomic E-state index is 12.7. The SMILES string of the molecule is Nc1c2c(nn1-c1c(Cl)cc(C(F)(F)F)cc1Cl)CS(=O)(=O)C2. The van der Waals surface area contributed by atoms with Crippen LogP contribution >= 0.6 is 23.2 Å². The van der Waals surface area contributed by atoms with Crippen LogP contribution in [-0.2, 0) is 27.5 Å². The second kappa shape index (κ2) is 5.02. The Morgan fingerprint density at radius 2 is 1.74 bits per heavy atom. The predicted molar refractivity (Wildman–Crippen MR) is 79.3 cm³/mol. The topological polar surface area (TPSA) is 78.0 Å². The van der Waals surface area contributed by atoms with Gasteiger partial charge in [0.1, 0.15) is 11.5 Å². The summed E-state index contributed by atoms with van der Waals surface area (Å²) in [6.45, 7) is 0. The zero-order valence-electron chi connectivity index (χ0n) is 11.2. The molecule has 23 heavy (non-hydrogen) atoms. The molecule has 0 aliphatic carbocycles. The summed E-state index contributed by atoms with van der Waals surface area (Å²) in [5, 5.41) is 3.45. The van der Waals surface area contributed by atoms with Crippen LogP contribution in [0, 0.1) is 0 Å². The monoisotopic (exact) mass is 385 g/mol. The number of halogens is 5. The zero-order valence-corrected chi connectivity index (χ0v) is 13.5. The van der Waals surface area contributed by atoms with Crippen molar-refractivity contribution in [2.45, 2.75) is 17.7 Å². The normalized spacial score (nSPS) is 16.6. The van der Waals surface area contributed by atoms with E-state index in [-0.39, 0.29) is 38.8 Å². The van der Waals surface area contributed by atoms with Gasteiger partial charge in [0.05, 0.1) is 32.8 Å². The lowest BCUT2D eigenvalue weighted by atomic mass is 10.2. The number of nitrogens with two attached hydrogens (primary N) is 1. The van der Waals surface area contributed by atoms with Crippen molar-refractivity contribution in [3.63, 3.8) is 0 Å². The van der Waals surface area contributed by atoms with E-state index in [0.29, 0.717) is 17.7 Å². The summed E-state index contributed by atoms with van der Waals surface area (Å²) in [6.07, 6.45) is -4.60. The van der Waals surface area contributed by atoms with E-state index in [0.717, 1.165) is 4.68 Å². The fourth-order valence-corrected chi connectivity index (χ4v) is 4.52. The summed E-state index contributed by atoms with van der Waals surface area (Å²) in [5.74, 6) is -0.566. The van der Waals surface area contributed by atoms with Crippen molar-refractivity contribution in [2.75, 3.05) is 5.73 Å². The quantitative estimate of drug-likeness (QED) is 0.817. The molecule has 3 rings (SSSR count). The van der Waals surface area contributed by atoms with Gasteiger partial charge in [-0.3, -0.25) is 0 Å². The largest absolute Gasteiger partial charge is 0.416 e. The molecule has 1 aromatic heterocycles. The zero-order chi connectivity index (χ0) is 17.2. The third-order valence-electron chi connectivity index (χ3n) is 3.38. The molecule has 1 aliphatic heterocycles. The fourth-order valence-electron chi connectivity index (χ4n) is 2.37. The van der Waals surface area contributed by atoms with Crippen molar-refractivity contribution in [1.29, 1.82) is 0 Å². The van der Waals surface area contributed by atoms with Gasteiger partial charge in [-0.1, -0.05) is 23.2 Å². The maximum Gasteiger partial charge on any atom is 0.416 e. The number of nitrogens with zero attached hydrogens (tertiary/aromatic N) is 2. The molecule has 1 aromatic carbocycles. The summed E-state index contributed by atoms with van der Waals surface area (Å²) >= 11 is 11.8. The van der Waals surface area contributed by atoms with Gasteiger partial charge in [-0.2, -0.15) is 18.3 Å². The molecule has 0 saturated heterocycles. The Morgan fingerprint density at radius 3 is 2.22 bits per heavy atom. The number of rotatable bonds is 1. The van der Waals surface area contributed by atoms with E-state index in [1.807, 2.05) is 0 Å². The van der Waals surface area contributed by atoms with Gasteiger partial charge in [0, 0.05) is 5.56 Å². The van der Waals surface area contributed by atoms with Gasteiger partial charge < -0.3 is 5.73 Å². The van der Waals surface area contributed by atoms with Gasteiger partial charge in [-0.05, 0) is 12.1 Å². The molecule has 0 atom stereocenters. The minimum Gasteiger partial charge on any atom is -0.383 e. The van der Waals surface area contributed by atoms with E-state index >= 15 is 0 Å². The third-order valence-corrected chi connectivity index (χ3v) is 5.40. The molecule has 0 unspecified atom stereocenters. The molecular formula is C12H8Cl2F3N3O2S. The second-order valence-electron chi connectivity index (χ2n) is 5.04. The highest BCUT2D eigenvalue weighted by atomic mass is 35.5. The molecule has 0 amide bonds. The first-order valence-electron chi connectivity index (χ1n) is 6.13. The maximum absolute atomic E-state index is 12.7. The lowest BCUT2D eigenvalue weighted by Gasteiger charge is -2.13. The second-order valence-corrected chi connectivity index (χ2v) is 7.92. The number of nitrogen functional groups attached to an aromatic ring is 1. The van der Waals surface area contributed by atoms with Gasteiger partial charge in [0.25, 0.3) is 0 Å². The minimum absolute atomic E-state index is 0.00960. The van der Waals surface area contributed by atoms with E-state index in [1.54, 1.807) is 0 Å². The summed E-state index contributed by atoms with van der Waals surface area (Å²) in [7, 11) is -3.30. The number of anilines is 1. The van der Waals surface area contributed by atoms with E-state index < -0.39 is 21.6 Å². The van der Waals surface area contributed by atoms with Crippen molar-refractivity contribution >= 4 is 38.9 Å². The van der Waals surface area contributed by atoms with Crippen LogP contribution in [0.4, 0.5) is 19.0 Å². The Morgan fingerprint density at radius 1 is 1.17 bits per heavy atom. The molecule has 0 spiro atoms. The molecule has 124 valence electrons. The Bertz CT molecular complexity index is 899. The lowest BCUT2D eigenvalue weighted by Crippen LogP contribution is -2.10. The standard InChI is InChI=1S/C12H8Cl2F3N3O2S/c13-7-1-5(12(15,16)17)2-8(14)10(7)20-11(18)6-3-23(21,22)4-9(6)19-20/h1-2H,3-4,18H2. The molecule has 2 heterocycles. The first kappa shape index (κ1) is 16.4. The lowest BCUT2D eigenvalue weighted by molar-refractivity contribution is -0.137. The summed E-state index contributed by atoms with van der Waals surface area (Å²) < 4.78 is 62.4. The van der Waals surface area contributed by atoms with Crippen LogP contribution < -0.4 is 5.73 Å². The highest BCUT2D eigenvalue weighted by Gasteiger charge is 2.34. The van der Waals surface area contributed by atoms with Crippen molar-refractivity contribution in [1.82, 2.24) is 9.78 Å². The highest BCUT2D eigenvalue weighted by molar-refractivity contribution is 7.90. The van der Waals surface area contributed by atoms with Crippen LogP contribution in [0.5, 0.6) is 0 Å². The van der Waals surface area contributed by atoms with Crippen LogP contribution in [-0.4, -0.2) is 18.2 Å². The average molecular weight is 386 g/mol. The van der Waals surface area contributed by atoms with Crippen LogP contribution in [0.2, 0.25) is 10.0 Å². The number of alkyl halides is 3. The Labute approximate surface area is 138 Å². The van der Waals surface area contributed by atoms with Crippen molar-refractivity contribution in [2.24, 2.45) is 0 Å². The number of hydrogen-bond acceptors (Lipinski definition) is 4. The molecule has 5 nitrogen and oxygen atoms in total. The van der Waals surface area contributed by atoms with Gasteiger partial charge >= 0.3 is 6.18 Å². The number of fused-ring (bicyclic) bond motifs is 1. The fraction of sp³-hybridized carbons (Fsp3) is 0.250. The van der Waals surface area contributed by atoms with E-state index in [4.69, 9.17) is 28.9 Å². The molecule has 2 aromatic rings. The summed E-state index contributed by atoms with van der Waals surface area (Å²) in [5.41, 5.74) is 5.40. The molecular weight excluding hydrogens is 378 g/mol. The first-order valence-corrected chi connectivity index (χ1v) is 8.70. The molecule has 0 radical (unpaired) electrons. The summed E-state index contributed by atoms with van der Waals surface area (Å²) in [6, 6.07) is 1.43. The van der Waals surface area contributed by atoms with E-state index in [2.05, 4.69) is 5.10 Å². The van der Waals surface area contributed by atoms with Gasteiger partial charge in [-0.15, -0.1) is 0 Å². The van der Waals surface area contributed by atoms with Crippen LogP contribution in [0.3, 0.4) is 0 Å². The Hall–Kier alpha value is -1.45. The predicted octanol–water partition coefficient (Wildman–Crippen LogP) is 3.21. The minimum atomic E-state index is -4.60. The van der Waals surface area contributed by atoms with Gasteiger partial charge in [0.2, 0.25) is 0 Å². The summed E-state index contributed by atoms with van der Waals surface area (Å²) in [4.78, 5) is 0. The van der Waals surface area contributed by atoms with Crippen LogP contribution in [0.1, 0.15) is 16.8 Å². The van der Waals surface area contributed by atoms with Gasteiger partial charge in [-0.25, -0.2) is 13.1 Å². The molecule has 0 saturated carbocycles. The Kier molecular flexibility index (Phi) is 3.58. The van der Waals surface area contributed by atoms with E-state index in [1.165, 1.54) is 0 Å². The van der Waals surface area contributed by atoms with Crippen LogP contribution in [0.25, 0.3) is 5.69 Å². The van der Waals surface area contributed by atoms with Crippen molar-refractivity contribution in [3.8, 4) is 5.69 Å². The molecule has 11 heteroatoms. The third kappa shape index (κ3) is 2.77. The van der Waals surface area contributed by atoms with E-state index in [9.17, 15) is 21.6 Å². The molecule has 0 fully saturated rings. The average Bonchev–Trinajstić information content (AvgIpc) is 2.82. The number of benzene rings is 1. The smallest absolute Gasteiger partial charge is 0.383 e. The molecule has 1 aliphatic rings. The van der Waals surface area contributed by atoms with Crippen molar-refractivity contribution in [3.05, 3.63) is 39.0 Å². The van der Waals surface area contributed by atoms with Gasteiger partial charge in [0.15, 0.2) is 9.84 Å². The molecule has 2 N–H and O–H groups in total. The molecule has 0 bridgehead atoms. The van der Waals surface area contributed by atoms with Crippen LogP contribution in [0.15, 0.2) is 12.1 Å². The number of hydrogen-bond donors (Lipinski definition) is 1. The number of aromatic nitrogens is 2. The van der Waals surface area contributed by atoms with Crippen molar-refractivity contribution < 1.29 is 21.6 Å².